The van der Waals surface area contributed by atoms with E-state index in [-0.39, 0.29) is 5.54 Å². The number of allylic oxidation sites excluding steroid dienone is 6. The lowest BCUT2D eigenvalue weighted by atomic mass is 9.84. The topological polar surface area (TPSA) is 6.48 Å². The second-order valence-electron chi connectivity index (χ2n) is 17.3. The molecule has 0 saturated heterocycles. The van der Waals surface area contributed by atoms with Crippen LogP contribution >= 0.6 is 0 Å². The molecule has 0 aliphatic heterocycles. The summed E-state index contributed by atoms with van der Waals surface area (Å²) in [6.45, 7) is 4.65. The first-order valence-electron chi connectivity index (χ1n) is 22.5. The Morgan fingerprint density at radius 2 is 0.781 bits per heavy atom. The van der Waals surface area contributed by atoms with Gasteiger partial charge in [-0.25, -0.2) is 0 Å². The summed E-state index contributed by atoms with van der Waals surface area (Å²) in [7, 11) is 0. The first-order chi connectivity index (χ1) is 31.5. The first-order valence-corrected chi connectivity index (χ1v) is 22.5. The Kier molecular flexibility index (Phi) is 11.3. The molecule has 3 atom stereocenters. The second kappa shape index (κ2) is 18.0. The maximum atomic E-state index is 2.50. The third-order valence-corrected chi connectivity index (χ3v) is 13.0. The van der Waals surface area contributed by atoms with Gasteiger partial charge in [-0.2, -0.15) is 0 Å². The maximum Gasteiger partial charge on any atom is 0.0643 e. The van der Waals surface area contributed by atoms with Crippen LogP contribution in [0.15, 0.2) is 255 Å². The van der Waals surface area contributed by atoms with Crippen molar-refractivity contribution in [2.45, 2.75) is 31.7 Å². The highest BCUT2D eigenvalue weighted by Crippen LogP contribution is 2.43. The van der Waals surface area contributed by atoms with E-state index < -0.39 is 0 Å². The maximum absolute atomic E-state index is 2.50. The van der Waals surface area contributed by atoms with Crippen LogP contribution in [0.4, 0.5) is 28.4 Å². The lowest BCUT2D eigenvalue weighted by Gasteiger charge is -2.42. The van der Waals surface area contributed by atoms with E-state index in [1.54, 1.807) is 0 Å². The normalized spacial score (nSPS) is 17.8. The van der Waals surface area contributed by atoms with Gasteiger partial charge in [-0.05, 0) is 130 Å². The molecule has 0 N–H and O–H groups in total. The van der Waals surface area contributed by atoms with Gasteiger partial charge in [0.05, 0.1) is 5.54 Å². The molecule has 0 saturated carbocycles. The Labute approximate surface area is 379 Å². The lowest BCUT2D eigenvalue weighted by Crippen LogP contribution is -2.42. The molecule has 0 fully saturated rings. The summed E-state index contributed by atoms with van der Waals surface area (Å²) in [5.74, 6) is 0.843. The Bertz CT molecular complexity index is 2840. The highest BCUT2D eigenvalue weighted by atomic mass is 15.2. The van der Waals surface area contributed by atoms with Crippen molar-refractivity contribution in [1.29, 1.82) is 0 Å². The highest BCUT2D eigenvalue weighted by Gasteiger charge is 2.32. The van der Waals surface area contributed by atoms with Crippen molar-refractivity contribution in [3.63, 3.8) is 0 Å². The average Bonchev–Trinajstić information content (AvgIpc) is 3.36. The fourth-order valence-corrected chi connectivity index (χ4v) is 9.37. The summed E-state index contributed by atoms with van der Waals surface area (Å²) in [5.41, 5.74) is 16.4. The third kappa shape index (κ3) is 8.43. The molecule has 0 radical (unpaired) electrons. The van der Waals surface area contributed by atoms with Crippen LogP contribution in [0.3, 0.4) is 0 Å². The largest absolute Gasteiger partial charge is 0.332 e. The SMILES string of the molecule is CC1C=CC=CC1c1ccc(N(c2ccc(C3=CCC(C)(N(c4ccc(-c5ccccc5)cc4)c4ccc(-c5ccccc5)cc4)C=C3)cc2)c2ccc(-c3ccccc3)cc2)cc1. The zero-order chi connectivity index (χ0) is 43.3. The van der Waals surface area contributed by atoms with Crippen molar-refractivity contribution in [1.82, 2.24) is 0 Å². The lowest BCUT2D eigenvalue weighted by molar-refractivity contribution is 0.571. The molecule has 3 unspecified atom stereocenters. The van der Waals surface area contributed by atoms with Crippen molar-refractivity contribution >= 4 is 34.0 Å². The van der Waals surface area contributed by atoms with Gasteiger partial charge in [0.25, 0.3) is 0 Å². The van der Waals surface area contributed by atoms with Crippen molar-refractivity contribution in [2.24, 2.45) is 5.92 Å². The fraction of sp³-hybridized carbons (Fsp3) is 0.0968. The van der Waals surface area contributed by atoms with Crippen LogP contribution in [0.5, 0.6) is 0 Å². The molecular weight excluding hydrogens is 773 g/mol. The van der Waals surface area contributed by atoms with Gasteiger partial charge >= 0.3 is 0 Å². The quantitative estimate of drug-likeness (QED) is 0.128. The number of anilines is 5. The summed E-state index contributed by atoms with van der Waals surface area (Å²) < 4.78 is 0. The van der Waals surface area contributed by atoms with Gasteiger partial charge < -0.3 is 9.80 Å². The molecule has 2 heteroatoms. The predicted octanol–water partition coefficient (Wildman–Crippen LogP) is 16.9. The monoisotopic (exact) mass is 824 g/mol. The number of benzene rings is 8. The summed E-state index contributed by atoms with van der Waals surface area (Å²) in [6, 6.07) is 77.0. The van der Waals surface area contributed by atoms with Crippen molar-refractivity contribution < 1.29 is 0 Å². The summed E-state index contributed by atoms with van der Waals surface area (Å²) >= 11 is 0. The molecule has 2 aliphatic carbocycles. The van der Waals surface area contributed by atoms with Crippen LogP contribution < -0.4 is 9.80 Å². The van der Waals surface area contributed by atoms with Crippen LogP contribution in [-0.2, 0) is 0 Å². The molecule has 0 amide bonds. The summed E-state index contributed by atoms with van der Waals surface area (Å²) in [5, 5.41) is 0. The zero-order valence-corrected chi connectivity index (χ0v) is 36.5. The van der Waals surface area contributed by atoms with Crippen LogP contribution in [-0.4, -0.2) is 5.54 Å². The molecule has 2 aliphatic rings. The standard InChI is InChI=1S/C62H52N2/c1-46-14-12-13-21-61(46)55-30-36-58(37-31-55)63(56-32-22-50(23-33-56)47-15-6-3-7-16-47)57-34-24-53(25-35-57)54-42-44-62(2,45-43-54)64(59-38-26-51(27-39-59)48-17-8-4-9-18-48)60-40-28-52(29-41-60)49-19-10-5-11-20-49/h3-44,46,61H,45H2,1-2H3. The summed E-state index contributed by atoms with van der Waals surface area (Å²) in [6.07, 6.45) is 16.9. The number of rotatable bonds is 11. The minimum absolute atomic E-state index is 0.303. The molecule has 64 heavy (non-hydrogen) atoms. The van der Waals surface area contributed by atoms with Crippen molar-refractivity contribution in [2.75, 3.05) is 9.80 Å². The molecule has 8 aromatic carbocycles. The molecule has 10 rings (SSSR count). The van der Waals surface area contributed by atoms with Crippen molar-refractivity contribution in [3.8, 4) is 33.4 Å². The van der Waals surface area contributed by atoms with E-state index in [0.717, 1.165) is 34.9 Å². The van der Waals surface area contributed by atoms with Crippen molar-refractivity contribution in [3.05, 3.63) is 266 Å². The minimum Gasteiger partial charge on any atom is -0.332 e. The summed E-state index contributed by atoms with van der Waals surface area (Å²) in [4.78, 5) is 4.87. The van der Waals surface area contributed by atoms with Crippen LogP contribution in [0.2, 0.25) is 0 Å². The second-order valence-corrected chi connectivity index (χ2v) is 17.3. The molecule has 8 aromatic rings. The number of hydrogen-bond acceptors (Lipinski definition) is 2. The van der Waals surface area contributed by atoms with E-state index in [1.807, 2.05) is 0 Å². The van der Waals surface area contributed by atoms with Crippen LogP contribution in [0.25, 0.3) is 39.0 Å². The van der Waals surface area contributed by atoms with Gasteiger partial charge in [0.15, 0.2) is 0 Å². The third-order valence-electron chi connectivity index (χ3n) is 13.0. The molecule has 0 bridgehead atoms. The minimum atomic E-state index is -0.303. The van der Waals surface area contributed by atoms with Gasteiger partial charge in [-0.15, -0.1) is 0 Å². The van der Waals surface area contributed by atoms with Gasteiger partial charge in [-0.1, -0.05) is 201 Å². The number of nitrogens with zero attached hydrogens (tertiary/aromatic N) is 2. The van der Waals surface area contributed by atoms with E-state index in [4.69, 9.17) is 0 Å². The molecular formula is C62H52N2. The Morgan fingerprint density at radius 1 is 0.406 bits per heavy atom. The van der Waals surface area contributed by atoms with Crippen LogP contribution in [0.1, 0.15) is 37.3 Å². The smallest absolute Gasteiger partial charge is 0.0643 e. The van der Waals surface area contributed by atoms with Gasteiger partial charge in [0, 0.05) is 34.4 Å². The predicted molar refractivity (Wildman–Crippen MR) is 273 cm³/mol. The van der Waals surface area contributed by atoms with E-state index in [2.05, 4.69) is 279 Å². The molecule has 2 nitrogen and oxygen atoms in total. The van der Waals surface area contributed by atoms with Gasteiger partial charge in [0.1, 0.15) is 0 Å². The Balaban J connectivity index is 0.942. The van der Waals surface area contributed by atoms with Gasteiger partial charge in [0.2, 0.25) is 0 Å². The molecule has 0 spiro atoms. The molecule has 0 heterocycles. The first kappa shape index (κ1) is 40.4. The van der Waals surface area contributed by atoms with Crippen LogP contribution in [0, 0.1) is 5.92 Å². The molecule has 0 aromatic heterocycles. The molecule has 310 valence electrons. The van der Waals surface area contributed by atoms with E-state index >= 15 is 0 Å². The number of hydrogen-bond donors (Lipinski definition) is 0. The Morgan fingerprint density at radius 3 is 1.19 bits per heavy atom. The van der Waals surface area contributed by atoms with Gasteiger partial charge in [-0.3, -0.25) is 0 Å². The fourth-order valence-electron chi connectivity index (χ4n) is 9.37. The van der Waals surface area contributed by atoms with E-state index in [1.165, 1.54) is 50.1 Å². The van der Waals surface area contributed by atoms with E-state index in [9.17, 15) is 0 Å². The average molecular weight is 825 g/mol. The highest BCUT2D eigenvalue weighted by molar-refractivity contribution is 5.83. The zero-order valence-electron chi connectivity index (χ0n) is 36.5. The Hall–Kier alpha value is -7.68. The van der Waals surface area contributed by atoms with E-state index in [0.29, 0.717) is 11.8 Å².